The summed E-state index contributed by atoms with van der Waals surface area (Å²) in [4.78, 5) is 17.5. The summed E-state index contributed by atoms with van der Waals surface area (Å²) < 4.78 is 1.22. The molecule has 1 atom stereocenters. The summed E-state index contributed by atoms with van der Waals surface area (Å²) >= 11 is 2.33. The molecule has 0 aliphatic rings. The van der Waals surface area contributed by atoms with Crippen LogP contribution in [-0.2, 0) is 5.41 Å². The maximum Gasteiger partial charge on any atom is 0.253 e. The molecular weight excluding hydrogens is 463 g/mol. The molecule has 4 nitrogen and oxygen atoms in total. The third-order valence-electron chi connectivity index (χ3n) is 5.87. The highest BCUT2D eigenvalue weighted by Gasteiger charge is 2.34. The van der Waals surface area contributed by atoms with E-state index >= 15 is 0 Å². The first-order chi connectivity index (χ1) is 13.3. The molecular formula is C23H27IN2O2. The van der Waals surface area contributed by atoms with Crippen molar-refractivity contribution in [3.8, 4) is 0 Å². The fourth-order valence-corrected chi connectivity index (χ4v) is 4.12. The Labute approximate surface area is 180 Å². The standard InChI is InChI=1S/C23H27IN2O2/c1-15(2)23(3,17-6-8-18(24)9-7-17)20-14-25-21-13-16(5-10-19(20)21)22(28)26(4)11-12-27/h5-10,13-15,25,27H,11-12H2,1-4H3. The second-order valence-corrected chi connectivity index (χ2v) is 9.02. The van der Waals surface area contributed by atoms with Crippen LogP contribution in [0, 0.1) is 9.49 Å². The van der Waals surface area contributed by atoms with E-state index < -0.39 is 0 Å². The molecule has 1 unspecified atom stereocenters. The first-order valence-corrected chi connectivity index (χ1v) is 10.6. The predicted octanol–water partition coefficient (Wildman–Crippen LogP) is 4.80. The lowest BCUT2D eigenvalue weighted by atomic mass is 9.68. The third-order valence-corrected chi connectivity index (χ3v) is 6.59. The van der Waals surface area contributed by atoms with Crippen molar-refractivity contribution in [3.63, 3.8) is 0 Å². The number of aromatic nitrogens is 1. The number of fused-ring (bicyclic) bond motifs is 1. The molecule has 0 aliphatic heterocycles. The molecule has 3 aromatic rings. The Balaban J connectivity index is 2.07. The summed E-state index contributed by atoms with van der Waals surface area (Å²) in [5.41, 5.74) is 3.95. The molecule has 1 aromatic heterocycles. The average Bonchev–Trinajstić information content (AvgIpc) is 3.11. The second kappa shape index (κ2) is 8.25. The highest BCUT2D eigenvalue weighted by Crippen LogP contribution is 2.42. The predicted molar refractivity (Wildman–Crippen MR) is 123 cm³/mol. The van der Waals surface area contributed by atoms with Gasteiger partial charge in [0.25, 0.3) is 5.91 Å². The number of carbonyl (C=O) groups is 1. The summed E-state index contributed by atoms with van der Waals surface area (Å²) in [5.74, 6) is 0.305. The van der Waals surface area contributed by atoms with Crippen LogP contribution in [0.15, 0.2) is 48.7 Å². The summed E-state index contributed by atoms with van der Waals surface area (Å²) in [6.45, 7) is 7.07. The number of rotatable bonds is 6. The van der Waals surface area contributed by atoms with Crippen LogP contribution >= 0.6 is 22.6 Å². The van der Waals surface area contributed by atoms with Crippen molar-refractivity contribution in [1.29, 1.82) is 0 Å². The van der Waals surface area contributed by atoms with Gasteiger partial charge in [0.15, 0.2) is 0 Å². The van der Waals surface area contributed by atoms with Crippen LogP contribution in [0.1, 0.15) is 42.3 Å². The quantitative estimate of drug-likeness (QED) is 0.488. The molecule has 0 saturated carbocycles. The molecule has 2 aromatic carbocycles. The first kappa shape index (κ1) is 20.9. The van der Waals surface area contributed by atoms with E-state index in [0.29, 0.717) is 18.0 Å². The van der Waals surface area contributed by atoms with Crippen LogP contribution in [0.3, 0.4) is 0 Å². The number of aliphatic hydroxyl groups is 1. The van der Waals surface area contributed by atoms with Gasteiger partial charge in [-0.25, -0.2) is 0 Å². The van der Waals surface area contributed by atoms with E-state index in [1.807, 2.05) is 18.2 Å². The van der Waals surface area contributed by atoms with E-state index in [2.05, 4.69) is 78.8 Å². The summed E-state index contributed by atoms with van der Waals surface area (Å²) in [6.07, 6.45) is 2.08. The van der Waals surface area contributed by atoms with Crippen LogP contribution in [-0.4, -0.2) is 41.1 Å². The van der Waals surface area contributed by atoms with E-state index in [1.54, 1.807) is 7.05 Å². The van der Waals surface area contributed by atoms with Crippen molar-refractivity contribution in [2.24, 2.45) is 5.92 Å². The van der Waals surface area contributed by atoms with Gasteiger partial charge in [-0.15, -0.1) is 0 Å². The average molecular weight is 490 g/mol. The number of hydrogen-bond acceptors (Lipinski definition) is 2. The number of aliphatic hydroxyl groups excluding tert-OH is 1. The zero-order chi connectivity index (χ0) is 20.5. The minimum atomic E-state index is -0.151. The fourth-order valence-electron chi connectivity index (χ4n) is 3.76. The molecule has 28 heavy (non-hydrogen) atoms. The van der Waals surface area contributed by atoms with Crippen LogP contribution in [0.5, 0.6) is 0 Å². The van der Waals surface area contributed by atoms with E-state index in [9.17, 15) is 4.79 Å². The lowest BCUT2D eigenvalue weighted by Crippen LogP contribution is -2.30. The van der Waals surface area contributed by atoms with Crippen LogP contribution in [0.4, 0.5) is 0 Å². The summed E-state index contributed by atoms with van der Waals surface area (Å²) in [6, 6.07) is 14.5. The Hall–Kier alpha value is -1.86. The van der Waals surface area contributed by atoms with Gasteiger partial charge in [0, 0.05) is 45.2 Å². The first-order valence-electron chi connectivity index (χ1n) is 9.53. The molecule has 0 saturated heterocycles. The van der Waals surface area contributed by atoms with Gasteiger partial charge < -0.3 is 15.0 Å². The maximum absolute atomic E-state index is 12.5. The Morgan fingerprint density at radius 3 is 2.50 bits per heavy atom. The van der Waals surface area contributed by atoms with Gasteiger partial charge >= 0.3 is 0 Å². The smallest absolute Gasteiger partial charge is 0.253 e. The molecule has 0 aliphatic carbocycles. The van der Waals surface area contributed by atoms with Crippen molar-refractivity contribution >= 4 is 39.4 Å². The third kappa shape index (κ3) is 3.70. The Morgan fingerprint density at radius 1 is 1.21 bits per heavy atom. The molecule has 1 amide bonds. The molecule has 5 heteroatoms. The zero-order valence-corrected chi connectivity index (χ0v) is 18.9. The SMILES string of the molecule is CC(C)C(C)(c1ccc(I)cc1)c1c[nH]c2cc(C(=O)N(C)CCO)ccc12. The van der Waals surface area contributed by atoms with Gasteiger partial charge in [-0.3, -0.25) is 4.79 Å². The number of carbonyl (C=O) groups excluding carboxylic acids is 1. The van der Waals surface area contributed by atoms with Crippen molar-refractivity contribution < 1.29 is 9.90 Å². The number of hydrogen-bond donors (Lipinski definition) is 2. The monoisotopic (exact) mass is 490 g/mol. The second-order valence-electron chi connectivity index (χ2n) is 7.78. The number of H-pyrrole nitrogens is 1. The Kier molecular flexibility index (Phi) is 6.15. The van der Waals surface area contributed by atoms with E-state index in [0.717, 1.165) is 10.9 Å². The molecule has 0 bridgehead atoms. The largest absolute Gasteiger partial charge is 0.395 e. The fraction of sp³-hybridized carbons (Fsp3) is 0.348. The lowest BCUT2D eigenvalue weighted by molar-refractivity contribution is 0.0767. The number of benzene rings is 2. The van der Waals surface area contributed by atoms with Crippen molar-refractivity contribution in [2.45, 2.75) is 26.2 Å². The number of aromatic amines is 1. The van der Waals surface area contributed by atoms with Gasteiger partial charge in [-0.05, 0) is 63.9 Å². The van der Waals surface area contributed by atoms with E-state index in [-0.39, 0.29) is 17.9 Å². The maximum atomic E-state index is 12.5. The molecule has 2 N–H and O–H groups in total. The normalized spacial score (nSPS) is 13.7. The van der Waals surface area contributed by atoms with Crippen molar-refractivity contribution in [3.05, 3.63) is 68.9 Å². The number of nitrogens with one attached hydrogen (secondary N) is 1. The molecule has 3 rings (SSSR count). The molecule has 1 heterocycles. The van der Waals surface area contributed by atoms with Gasteiger partial charge in [0.1, 0.15) is 0 Å². The van der Waals surface area contributed by atoms with E-state index in [4.69, 9.17) is 5.11 Å². The Bertz CT molecular complexity index is 978. The van der Waals surface area contributed by atoms with E-state index in [1.165, 1.54) is 19.6 Å². The number of likely N-dealkylation sites (N-methyl/N-ethyl adjacent to an activating group) is 1. The Morgan fingerprint density at radius 2 is 1.89 bits per heavy atom. The van der Waals surface area contributed by atoms with Crippen molar-refractivity contribution in [2.75, 3.05) is 20.2 Å². The zero-order valence-electron chi connectivity index (χ0n) is 16.8. The molecule has 0 spiro atoms. The number of amides is 1. The van der Waals surface area contributed by atoms with Gasteiger partial charge in [0.05, 0.1) is 6.61 Å². The molecule has 0 fully saturated rings. The topological polar surface area (TPSA) is 56.3 Å². The van der Waals surface area contributed by atoms with Crippen LogP contribution in [0.25, 0.3) is 10.9 Å². The van der Waals surface area contributed by atoms with Crippen LogP contribution < -0.4 is 0 Å². The van der Waals surface area contributed by atoms with Crippen molar-refractivity contribution in [1.82, 2.24) is 9.88 Å². The molecule has 0 radical (unpaired) electrons. The van der Waals surface area contributed by atoms with Crippen LogP contribution in [0.2, 0.25) is 0 Å². The number of halogens is 1. The van der Waals surface area contributed by atoms with Gasteiger partial charge in [0.2, 0.25) is 0 Å². The summed E-state index contributed by atoms with van der Waals surface area (Å²) in [7, 11) is 1.70. The van der Waals surface area contributed by atoms with Gasteiger partial charge in [-0.1, -0.05) is 39.0 Å². The number of nitrogens with zero attached hydrogens (tertiary/aromatic N) is 1. The minimum absolute atomic E-state index is 0.0418. The lowest BCUT2D eigenvalue weighted by Gasteiger charge is -2.34. The summed E-state index contributed by atoms with van der Waals surface area (Å²) in [5, 5.41) is 10.2. The van der Waals surface area contributed by atoms with Gasteiger partial charge in [-0.2, -0.15) is 0 Å². The highest BCUT2D eigenvalue weighted by atomic mass is 127. The molecule has 148 valence electrons. The minimum Gasteiger partial charge on any atom is -0.395 e. The highest BCUT2D eigenvalue weighted by molar-refractivity contribution is 14.1.